The average molecular weight is 1080 g/mol. The molecule has 10 atom stereocenters. The molecule has 4 aromatic carbocycles. The Kier molecular flexibility index (Phi) is 16.3. The van der Waals surface area contributed by atoms with Crippen LogP contribution in [0.3, 0.4) is 0 Å². The minimum atomic E-state index is -4.44. The minimum Gasteiger partial charge on any atom is -0.497 e. The van der Waals surface area contributed by atoms with E-state index < -0.39 is 23.5 Å². The fourth-order valence-corrected chi connectivity index (χ4v) is 12.4. The van der Waals surface area contributed by atoms with E-state index in [1.165, 1.54) is 0 Å². The summed E-state index contributed by atoms with van der Waals surface area (Å²) in [4.78, 5) is 14.0. The number of methoxy groups -OCH3 is 2. The number of rotatable bonds is 12. The second-order valence-corrected chi connectivity index (χ2v) is 21.2. The molecule has 18 heteroatoms. The molecular formula is C58H62F6N8O2S2. The van der Waals surface area contributed by atoms with Crippen molar-refractivity contribution in [3.63, 3.8) is 0 Å². The topological polar surface area (TPSA) is 98.8 Å². The van der Waals surface area contributed by atoms with E-state index in [0.717, 1.165) is 121 Å². The van der Waals surface area contributed by atoms with Gasteiger partial charge in [0.05, 0.1) is 48.5 Å². The summed E-state index contributed by atoms with van der Waals surface area (Å²) in [5.41, 5.74) is 3.89. The third-order valence-electron chi connectivity index (χ3n) is 15.6. The van der Waals surface area contributed by atoms with Crippen LogP contribution < -0.4 is 30.7 Å². The number of hydrogen-bond donors (Lipinski definition) is 4. The van der Waals surface area contributed by atoms with Gasteiger partial charge in [0, 0.05) is 59.7 Å². The summed E-state index contributed by atoms with van der Waals surface area (Å²) < 4.78 is 91.5. The van der Waals surface area contributed by atoms with Gasteiger partial charge in [0.25, 0.3) is 0 Å². The number of fused-ring (bicyclic) bond motifs is 8. The van der Waals surface area contributed by atoms with Crippen molar-refractivity contribution in [2.45, 2.75) is 76.1 Å². The zero-order valence-electron chi connectivity index (χ0n) is 42.8. The first-order valence-electron chi connectivity index (χ1n) is 25.4. The fraction of sp³-hybridized carbons (Fsp3) is 0.379. The van der Waals surface area contributed by atoms with Crippen LogP contribution in [-0.2, 0) is 12.4 Å². The van der Waals surface area contributed by atoms with Gasteiger partial charge in [0.2, 0.25) is 0 Å². The molecule has 6 aliphatic heterocycles. The second kappa shape index (κ2) is 22.7. The number of aromatic nitrogens is 2. The van der Waals surface area contributed by atoms with Crippen LogP contribution in [0.2, 0.25) is 0 Å². The van der Waals surface area contributed by atoms with Gasteiger partial charge in [-0.1, -0.05) is 12.2 Å². The standard InChI is InChI=1S/2C29H31F3N4OS/c2*1-4-18-16-36-10-8-19(18)13-26(36)27(23-7-9-33-25-6-5-22(37-3)15-24(23)25)35-28(38)34-21-12-17(2)11-20(14-21)29(30,31)32/h2*4-7,9,11-12,14-15,18-19,26-27H,1,8,10,13,16H2,2-3H3,(H2,34,35,38)/t2*18?,19?,26?,27-/m10/s1. The lowest BCUT2D eigenvalue weighted by Gasteiger charge is -2.52. The number of ether oxygens (including phenoxy) is 2. The number of hydrogen-bond acceptors (Lipinski definition) is 8. The third kappa shape index (κ3) is 12.1. The van der Waals surface area contributed by atoms with E-state index in [1.54, 1.807) is 52.6 Å². The maximum atomic E-state index is 13.4. The molecule has 0 aliphatic carbocycles. The van der Waals surface area contributed by atoms with E-state index in [-0.39, 0.29) is 34.4 Å². The van der Waals surface area contributed by atoms with Gasteiger partial charge in [-0.15, -0.1) is 13.2 Å². The van der Waals surface area contributed by atoms with Crippen molar-refractivity contribution in [3.05, 3.63) is 156 Å². The monoisotopic (exact) mass is 1080 g/mol. The van der Waals surface area contributed by atoms with Crippen molar-refractivity contribution in [3.8, 4) is 11.5 Å². The molecule has 0 amide bonds. The lowest BCUT2D eigenvalue weighted by atomic mass is 9.73. The van der Waals surface area contributed by atoms with Gasteiger partial charge >= 0.3 is 12.4 Å². The highest BCUT2D eigenvalue weighted by atomic mass is 32.1. The van der Waals surface area contributed by atoms with Crippen LogP contribution in [0.1, 0.15) is 71.1 Å². The van der Waals surface area contributed by atoms with Crippen molar-refractivity contribution in [1.29, 1.82) is 0 Å². The molecule has 6 fully saturated rings. The van der Waals surface area contributed by atoms with Crippen molar-refractivity contribution in [2.75, 3.05) is 51.0 Å². The molecule has 10 nitrogen and oxygen atoms in total. The number of alkyl halides is 6. The molecule has 6 saturated heterocycles. The molecule has 0 radical (unpaired) electrons. The first kappa shape index (κ1) is 54.4. The molecule has 400 valence electrons. The van der Waals surface area contributed by atoms with Crippen molar-refractivity contribution in [1.82, 2.24) is 30.4 Å². The Morgan fingerprint density at radius 3 is 1.37 bits per heavy atom. The van der Waals surface area contributed by atoms with Crippen LogP contribution in [0.25, 0.3) is 21.8 Å². The molecule has 6 aromatic rings. The summed E-state index contributed by atoms with van der Waals surface area (Å²) in [6.07, 6.45) is 2.99. The van der Waals surface area contributed by atoms with Crippen LogP contribution in [0.5, 0.6) is 11.5 Å². The summed E-state index contributed by atoms with van der Waals surface area (Å²) in [6.45, 7) is 15.2. The molecule has 0 saturated carbocycles. The highest BCUT2D eigenvalue weighted by Gasteiger charge is 2.45. The van der Waals surface area contributed by atoms with Crippen LogP contribution in [0, 0.1) is 37.5 Å². The minimum absolute atomic E-state index is 0.143. The molecular weight excluding hydrogens is 1020 g/mol. The predicted molar refractivity (Wildman–Crippen MR) is 297 cm³/mol. The molecule has 2 aromatic heterocycles. The number of piperidine rings is 6. The smallest absolute Gasteiger partial charge is 0.416 e. The summed E-state index contributed by atoms with van der Waals surface area (Å²) >= 11 is 11.4. The number of thiocarbonyl (C=S) groups is 2. The zero-order valence-corrected chi connectivity index (χ0v) is 44.4. The van der Waals surface area contributed by atoms with E-state index in [2.05, 4.69) is 66.3 Å². The molecule has 4 bridgehead atoms. The van der Waals surface area contributed by atoms with Gasteiger partial charge in [-0.05, 0) is 208 Å². The number of anilines is 2. The van der Waals surface area contributed by atoms with Gasteiger partial charge in [0.1, 0.15) is 11.5 Å². The molecule has 76 heavy (non-hydrogen) atoms. The summed E-state index contributed by atoms with van der Waals surface area (Å²) in [6, 6.07) is 23.1. The quantitative estimate of drug-likeness (QED) is 0.0534. The largest absolute Gasteiger partial charge is 0.497 e. The lowest BCUT2D eigenvalue weighted by Crippen LogP contribution is -2.57. The third-order valence-corrected chi connectivity index (χ3v) is 16.1. The maximum absolute atomic E-state index is 13.4. The molecule has 8 unspecified atom stereocenters. The lowest BCUT2D eigenvalue weighted by molar-refractivity contribution is -0.138. The van der Waals surface area contributed by atoms with Gasteiger partial charge in [-0.3, -0.25) is 19.8 Å². The van der Waals surface area contributed by atoms with E-state index in [9.17, 15) is 26.3 Å². The number of halogens is 6. The zero-order chi connectivity index (χ0) is 54.1. The maximum Gasteiger partial charge on any atom is 0.416 e. The van der Waals surface area contributed by atoms with Gasteiger partial charge in [0.15, 0.2) is 10.2 Å². The first-order chi connectivity index (χ1) is 36.3. The Morgan fingerprint density at radius 1 is 0.618 bits per heavy atom. The Balaban J connectivity index is 0.000000186. The molecule has 12 rings (SSSR count). The highest BCUT2D eigenvalue weighted by Crippen LogP contribution is 2.45. The van der Waals surface area contributed by atoms with Gasteiger partial charge in [-0.25, -0.2) is 0 Å². The summed E-state index contributed by atoms with van der Waals surface area (Å²) in [7, 11) is 3.26. The number of benzene rings is 4. The van der Waals surface area contributed by atoms with E-state index in [0.29, 0.717) is 46.2 Å². The highest BCUT2D eigenvalue weighted by molar-refractivity contribution is 7.80. The van der Waals surface area contributed by atoms with Crippen LogP contribution in [0.15, 0.2) is 123 Å². The fourth-order valence-electron chi connectivity index (χ4n) is 12.0. The SMILES string of the molecule is C=CC1CN2CCC1CC2[C@@H](NC(=S)Nc1cc(C)cc(C(F)(F)F)c1)c1ccnc2ccc(OC)cc12.C=CC1CN2CCC1CC2[C@H](NC(=S)Nc1cc(C)cc(C(F)(F)F)c1)c1ccnc2ccc(OC)cc12. The van der Waals surface area contributed by atoms with Crippen LogP contribution in [0.4, 0.5) is 37.7 Å². The second-order valence-electron chi connectivity index (χ2n) is 20.4. The van der Waals surface area contributed by atoms with E-state index >= 15 is 0 Å². The first-order valence-corrected chi connectivity index (χ1v) is 26.2. The Morgan fingerprint density at radius 2 is 1.03 bits per heavy atom. The van der Waals surface area contributed by atoms with Crippen molar-refractivity contribution in [2.24, 2.45) is 23.7 Å². The molecule has 4 N–H and O–H groups in total. The van der Waals surface area contributed by atoms with Gasteiger partial charge < -0.3 is 30.7 Å². The summed E-state index contributed by atoms with van der Waals surface area (Å²) in [5, 5.41) is 15.4. The van der Waals surface area contributed by atoms with Gasteiger partial charge in [-0.2, -0.15) is 26.3 Å². The predicted octanol–water partition coefficient (Wildman–Crippen LogP) is 13.0. The number of aryl methyl sites for hydroxylation is 2. The molecule has 0 spiro atoms. The van der Waals surface area contributed by atoms with E-state index in [4.69, 9.17) is 33.9 Å². The number of pyridine rings is 2. The van der Waals surface area contributed by atoms with Crippen LogP contribution in [-0.4, -0.2) is 82.5 Å². The summed E-state index contributed by atoms with van der Waals surface area (Å²) in [5.74, 6) is 3.41. The average Bonchev–Trinajstić information content (AvgIpc) is 3.45. The normalized spacial score (nSPS) is 23.6. The van der Waals surface area contributed by atoms with Crippen molar-refractivity contribution >= 4 is 67.8 Å². The Bertz CT molecular complexity index is 2930. The Hall–Kier alpha value is -6.34. The Labute approximate surface area is 450 Å². The number of nitrogens with zero attached hydrogens (tertiary/aromatic N) is 4. The number of nitrogens with one attached hydrogen (secondary N) is 4. The molecule has 8 heterocycles. The molecule has 6 aliphatic rings. The van der Waals surface area contributed by atoms with Crippen molar-refractivity contribution < 1.29 is 35.8 Å². The van der Waals surface area contributed by atoms with Crippen LogP contribution >= 0.6 is 24.4 Å². The van der Waals surface area contributed by atoms with E-state index in [1.807, 2.05) is 48.5 Å².